The molecule has 5 heteroatoms. The zero-order chi connectivity index (χ0) is 13.7. The number of anilines is 1. The summed E-state index contributed by atoms with van der Waals surface area (Å²) in [6.45, 7) is 8.95. The van der Waals surface area contributed by atoms with Crippen LogP contribution in [0.3, 0.4) is 0 Å². The number of hydrogen-bond acceptors (Lipinski definition) is 4. The molecule has 0 spiro atoms. The van der Waals surface area contributed by atoms with E-state index in [-0.39, 0.29) is 0 Å². The van der Waals surface area contributed by atoms with Crippen LogP contribution in [0.4, 0.5) is 5.82 Å². The average Bonchev–Trinajstić information content (AvgIpc) is 2.40. The van der Waals surface area contributed by atoms with Crippen molar-refractivity contribution in [2.24, 2.45) is 11.8 Å². The highest BCUT2D eigenvalue weighted by Crippen LogP contribution is 2.26. The monoisotopic (exact) mass is 326 g/mol. The van der Waals surface area contributed by atoms with Gasteiger partial charge in [-0.25, -0.2) is 9.97 Å². The summed E-state index contributed by atoms with van der Waals surface area (Å²) in [5.74, 6) is 2.57. The molecule has 2 rings (SSSR count). The van der Waals surface area contributed by atoms with E-state index >= 15 is 0 Å². The largest absolute Gasteiger partial charge is 0.356 e. The zero-order valence-electron chi connectivity index (χ0n) is 11.8. The van der Waals surface area contributed by atoms with Gasteiger partial charge in [-0.1, -0.05) is 13.8 Å². The average molecular weight is 327 g/mol. The SMILES string of the molecule is CC(C)CNCC1CCN(c2ncncc2Br)CC1. The quantitative estimate of drug-likeness (QED) is 0.903. The summed E-state index contributed by atoms with van der Waals surface area (Å²) in [5, 5.41) is 3.57. The van der Waals surface area contributed by atoms with Gasteiger partial charge >= 0.3 is 0 Å². The molecule has 0 saturated carbocycles. The zero-order valence-corrected chi connectivity index (χ0v) is 13.4. The Kier molecular flexibility index (Phi) is 5.58. The Morgan fingerprint density at radius 2 is 2.16 bits per heavy atom. The third kappa shape index (κ3) is 4.42. The molecule has 0 aromatic carbocycles. The minimum atomic E-state index is 0.733. The first-order chi connectivity index (χ1) is 9.16. The minimum Gasteiger partial charge on any atom is -0.356 e. The standard InChI is InChI=1S/C14H23BrN4/c1-11(2)7-16-8-12-3-5-19(6-4-12)14-13(15)9-17-10-18-14/h9-12,16H,3-8H2,1-2H3. The molecule has 1 aromatic rings. The van der Waals surface area contributed by atoms with E-state index in [0.29, 0.717) is 0 Å². The Balaban J connectivity index is 1.78. The molecule has 1 saturated heterocycles. The van der Waals surface area contributed by atoms with Crippen molar-refractivity contribution in [3.63, 3.8) is 0 Å². The van der Waals surface area contributed by atoms with Crippen molar-refractivity contribution in [3.8, 4) is 0 Å². The van der Waals surface area contributed by atoms with E-state index in [4.69, 9.17) is 0 Å². The first-order valence-corrected chi connectivity index (χ1v) is 7.87. The van der Waals surface area contributed by atoms with Gasteiger partial charge in [0.2, 0.25) is 0 Å². The number of nitrogens with one attached hydrogen (secondary N) is 1. The van der Waals surface area contributed by atoms with Crippen LogP contribution in [0.15, 0.2) is 17.0 Å². The van der Waals surface area contributed by atoms with Gasteiger partial charge in [0.15, 0.2) is 0 Å². The van der Waals surface area contributed by atoms with Crippen molar-refractivity contribution in [2.45, 2.75) is 26.7 Å². The number of nitrogens with zero attached hydrogens (tertiary/aromatic N) is 3. The van der Waals surface area contributed by atoms with Crippen LogP contribution in [-0.2, 0) is 0 Å². The summed E-state index contributed by atoms with van der Waals surface area (Å²) >= 11 is 3.53. The van der Waals surface area contributed by atoms with Crippen molar-refractivity contribution in [3.05, 3.63) is 17.0 Å². The maximum absolute atomic E-state index is 4.36. The van der Waals surface area contributed by atoms with Gasteiger partial charge in [0.25, 0.3) is 0 Å². The molecule has 19 heavy (non-hydrogen) atoms. The summed E-state index contributed by atoms with van der Waals surface area (Å²) in [6, 6.07) is 0. The maximum Gasteiger partial charge on any atom is 0.146 e. The van der Waals surface area contributed by atoms with E-state index in [2.05, 4.69) is 50.0 Å². The summed E-state index contributed by atoms with van der Waals surface area (Å²) in [5.41, 5.74) is 0. The van der Waals surface area contributed by atoms with E-state index in [0.717, 1.165) is 48.3 Å². The van der Waals surface area contributed by atoms with Crippen LogP contribution in [0, 0.1) is 11.8 Å². The Hall–Kier alpha value is -0.680. The van der Waals surface area contributed by atoms with Crippen molar-refractivity contribution >= 4 is 21.7 Å². The van der Waals surface area contributed by atoms with Crippen LogP contribution in [0.25, 0.3) is 0 Å². The molecule has 4 nitrogen and oxygen atoms in total. The Labute approximate surface area is 124 Å². The highest BCUT2D eigenvalue weighted by Gasteiger charge is 2.21. The second kappa shape index (κ2) is 7.20. The fourth-order valence-electron chi connectivity index (χ4n) is 2.46. The van der Waals surface area contributed by atoms with E-state index in [1.54, 1.807) is 6.33 Å². The van der Waals surface area contributed by atoms with E-state index in [1.807, 2.05) is 6.20 Å². The molecule has 0 bridgehead atoms. The predicted molar refractivity (Wildman–Crippen MR) is 82.4 cm³/mol. The second-order valence-electron chi connectivity index (χ2n) is 5.68. The first kappa shape index (κ1) is 14.7. The summed E-state index contributed by atoms with van der Waals surface area (Å²) in [4.78, 5) is 10.7. The summed E-state index contributed by atoms with van der Waals surface area (Å²) in [6.07, 6.45) is 5.91. The molecule has 0 unspecified atom stereocenters. The van der Waals surface area contributed by atoms with E-state index in [1.165, 1.54) is 12.8 Å². The van der Waals surface area contributed by atoms with E-state index < -0.39 is 0 Å². The van der Waals surface area contributed by atoms with E-state index in [9.17, 15) is 0 Å². The van der Waals surface area contributed by atoms with Crippen LogP contribution in [0.1, 0.15) is 26.7 Å². The Morgan fingerprint density at radius 3 is 2.79 bits per heavy atom. The third-order valence-electron chi connectivity index (χ3n) is 3.55. The topological polar surface area (TPSA) is 41.0 Å². The second-order valence-corrected chi connectivity index (χ2v) is 6.53. The van der Waals surface area contributed by atoms with Crippen molar-refractivity contribution in [1.82, 2.24) is 15.3 Å². The molecule has 1 fully saturated rings. The Morgan fingerprint density at radius 1 is 1.42 bits per heavy atom. The van der Waals surface area contributed by atoms with Crippen LogP contribution < -0.4 is 10.2 Å². The highest BCUT2D eigenvalue weighted by molar-refractivity contribution is 9.10. The molecule has 1 aliphatic rings. The van der Waals surface area contributed by atoms with Crippen LogP contribution in [0.5, 0.6) is 0 Å². The van der Waals surface area contributed by atoms with Gasteiger partial charge in [0.05, 0.1) is 4.47 Å². The molecule has 0 aliphatic carbocycles. The molecule has 106 valence electrons. The number of piperidine rings is 1. The third-order valence-corrected chi connectivity index (χ3v) is 4.11. The number of hydrogen-bond donors (Lipinski definition) is 1. The highest BCUT2D eigenvalue weighted by atomic mass is 79.9. The molecular weight excluding hydrogens is 304 g/mol. The number of rotatable bonds is 5. The van der Waals surface area contributed by atoms with Gasteiger partial charge in [-0.2, -0.15) is 0 Å². The van der Waals surface area contributed by atoms with Gasteiger partial charge in [0.1, 0.15) is 12.1 Å². The molecular formula is C14H23BrN4. The molecule has 0 atom stereocenters. The smallest absolute Gasteiger partial charge is 0.146 e. The van der Waals surface area contributed by atoms with Gasteiger partial charge in [-0.3, -0.25) is 0 Å². The van der Waals surface area contributed by atoms with Gasteiger partial charge in [0, 0.05) is 19.3 Å². The van der Waals surface area contributed by atoms with Crippen LogP contribution in [-0.4, -0.2) is 36.1 Å². The van der Waals surface area contributed by atoms with Crippen LogP contribution >= 0.6 is 15.9 Å². The lowest BCUT2D eigenvalue weighted by molar-refractivity contribution is 0.373. The molecule has 1 N–H and O–H groups in total. The molecule has 1 aromatic heterocycles. The normalized spacial score (nSPS) is 17.2. The fourth-order valence-corrected chi connectivity index (χ4v) is 2.94. The summed E-state index contributed by atoms with van der Waals surface area (Å²) < 4.78 is 0.992. The first-order valence-electron chi connectivity index (χ1n) is 7.08. The van der Waals surface area contributed by atoms with Gasteiger partial charge < -0.3 is 10.2 Å². The summed E-state index contributed by atoms with van der Waals surface area (Å²) in [7, 11) is 0. The molecule has 1 aliphatic heterocycles. The minimum absolute atomic E-state index is 0.733. The lowest BCUT2D eigenvalue weighted by atomic mass is 9.96. The van der Waals surface area contributed by atoms with Crippen LogP contribution in [0.2, 0.25) is 0 Å². The molecule has 0 radical (unpaired) electrons. The number of aromatic nitrogens is 2. The maximum atomic E-state index is 4.36. The predicted octanol–water partition coefficient (Wildman–Crippen LogP) is 2.70. The van der Waals surface area contributed by atoms with Crippen molar-refractivity contribution in [2.75, 3.05) is 31.1 Å². The number of halogens is 1. The van der Waals surface area contributed by atoms with Crippen molar-refractivity contribution < 1.29 is 0 Å². The fraction of sp³-hybridized carbons (Fsp3) is 0.714. The lowest BCUT2D eigenvalue weighted by Crippen LogP contribution is -2.38. The lowest BCUT2D eigenvalue weighted by Gasteiger charge is -2.33. The van der Waals surface area contributed by atoms with Gasteiger partial charge in [-0.15, -0.1) is 0 Å². The Bertz CT molecular complexity index is 389. The van der Waals surface area contributed by atoms with Crippen molar-refractivity contribution in [1.29, 1.82) is 0 Å². The molecule has 0 amide bonds. The molecule has 2 heterocycles. The van der Waals surface area contributed by atoms with Gasteiger partial charge in [-0.05, 0) is 53.7 Å².